The average Bonchev–Trinajstić information content (AvgIpc) is 3.22. The largest absolute Gasteiger partial charge is 0.346 e. The Morgan fingerprint density at radius 1 is 1.26 bits per heavy atom. The quantitative estimate of drug-likeness (QED) is 0.759. The third-order valence-electron chi connectivity index (χ3n) is 3.26. The first-order valence-corrected chi connectivity index (χ1v) is 6.84. The van der Waals surface area contributed by atoms with Gasteiger partial charge in [0.1, 0.15) is 5.69 Å². The number of amides is 1. The predicted molar refractivity (Wildman–Crippen MR) is 78.7 cm³/mol. The monoisotopic (exact) mass is 317 g/mol. The van der Waals surface area contributed by atoms with Crippen molar-refractivity contribution in [2.45, 2.75) is 13.1 Å². The number of carbonyl (C=O) groups is 1. The summed E-state index contributed by atoms with van der Waals surface area (Å²) in [5, 5.41) is 13.0. The fraction of sp³-hybridized carbons (Fsp3) is 0.133. The van der Waals surface area contributed by atoms with Crippen LogP contribution in [0.3, 0.4) is 0 Å². The molecule has 6 nitrogen and oxygen atoms in total. The molecule has 0 radical (unpaired) electrons. The van der Waals surface area contributed by atoms with Crippen molar-refractivity contribution < 1.29 is 13.6 Å². The molecule has 23 heavy (non-hydrogen) atoms. The summed E-state index contributed by atoms with van der Waals surface area (Å²) in [5.41, 5.74) is 2.47. The summed E-state index contributed by atoms with van der Waals surface area (Å²) in [5.74, 6) is -0.524. The first-order chi connectivity index (χ1) is 11.1. The van der Waals surface area contributed by atoms with Gasteiger partial charge in [-0.1, -0.05) is 30.3 Å². The predicted octanol–water partition coefficient (Wildman–Crippen LogP) is 2.60. The Hall–Kier alpha value is -3.03. The van der Waals surface area contributed by atoms with Gasteiger partial charge in [-0.2, -0.15) is 19.0 Å². The lowest BCUT2D eigenvalue weighted by Crippen LogP contribution is -2.23. The number of halogens is 2. The van der Waals surface area contributed by atoms with Gasteiger partial charge in [0, 0.05) is 18.3 Å². The van der Waals surface area contributed by atoms with Crippen LogP contribution in [0.1, 0.15) is 22.6 Å². The van der Waals surface area contributed by atoms with E-state index in [1.165, 1.54) is 6.07 Å². The van der Waals surface area contributed by atoms with Crippen LogP contribution in [-0.2, 0) is 6.54 Å². The van der Waals surface area contributed by atoms with Gasteiger partial charge >= 0.3 is 6.55 Å². The molecule has 0 atom stereocenters. The van der Waals surface area contributed by atoms with Crippen molar-refractivity contribution in [2.24, 2.45) is 0 Å². The van der Waals surface area contributed by atoms with Crippen molar-refractivity contribution in [1.82, 2.24) is 25.3 Å². The van der Waals surface area contributed by atoms with Crippen molar-refractivity contribution in [3.8, 4) is 11.3 Å². The highest BCUT2D eigenvalue weighted by molar-refractivity contribution is 5.92. The van der Waals surface area contributed by atoms with Gasteiger partial charge in [0.15, 0.2) is 0 Å². The lowest BCUT2D eigenvalue weighted by molar-refractivity contribution is 0.0560. The van der Waals surface area contributed by atoms with Crippen LogP contribution in [0.2, 0.25) is 0 Å². The van der Waals surface area contributed by atoms with Gasteiger partial charge in [-0.15, -0.1) is 0 Å². The molecule has 0 fully saturated rings. The highest BCUT2D eigenvalue weighted by Gasteiger charge is 2.14. The fourth-order valence-corrected chi connectivity index (χ4v) is 2.13. The maximum absolute atomic E-state index is 12.4. The zero-order valence-electron chi connectivity index (χ0n) is 11.9. The summed E-state index contributed by atoms with van der Waals surface area (Å²) in [4.78, 5) is 12.0. The molecule has 1 aromatic carbocycles. The lowest BCUT2D eigenvalue weighted by atomic mass is 10.1. The van der Waals surface area contributed by atoms with Gasteiger partial charge in [0.05, 0.1) is 11.9 Å². The van der Waals surface area contributed by atoms with Crippen LogP contribution in [0, 0.1) is 0 Å². The molecule has 2 aromatic heterocycles. The molecule has 0 aliphatic carbocycles. The second-order valence-corrected chi connectivity index (χ2v) is 4.78. The zero-order chi connectivity index (χ0) is 16.2. The minimum Gasteiger partial charge on any atom is -0.346 e. The molecule has 0 bridgehead atoms. The van der Waals surface area contributed by atoms with Crippen molar-refractivity contribution in [3.05, 3.63) is 60.0 Å². The highest BCUT2D eigenvalue weighted by atomic mass is 19.3. The standard InChI is InChI=1S/C15H13F2N5O/c16-15(17)22-7-6-12(21-22)14(23)18-8-11-9-19-20-13(11)10-4-2-1-3-5-10/h1-7,9,15H,8H2,(H,18,23)(H,19,20). The number of nitrogens with one attached hydrogen (secondary N) is 2. The number of hydrogen-bond acceptors (Lipinski definition) is 3. The van der Waals surface area contributed by atoms with Crippen molar-refractivity contribution >= 4 is 5.91 Å². The van der Waals surface area contributed by atoms with Gasteiger partial charge in [0.25, 0.3) is 5.91 Å². The molecule has 0 aliphatic rings. The van der Waals surface area contributed by atoms with Crippen LogP contribution in [0.5, 0.6) is 0 Å². The normalized spacial score (nSPS) is 10.9. The number of aromatic nitrogens is 4. The molecule has 0 spiro atoms. The minimum absolute atomic E-state index is 0.0601. The smallest absolute Gasteiger partial charge is 0.333 e. The molecular weight excluding hydrogens is 304 g/mol. The molecular formula is C15H13F2N5O. The third kappa shape index (κ3) is 3.25. The van der Waals surface area contributed by atoms with Crippen LogP contribution in [-0.4, -0.2) is 25.9 Å². The Bertz CT molecular complexity index is 797. The van der Waals surface area contributed by atoms with E-state index in [4.69, 9.17) is 0 Å². The molecule has 118 valence electrons. The molecule has 2 heterocycles. The van der Waals surface area contributed by atoms with Gasteiger partial charge in [-0.25, -0.2) is 4.68 Å². The second kappa shape index (κ2) is 6.39. The van der Waals surface area contributed by atoms with Crippen molar-refractivity contribution in [3.63, 3.8) is 0 Å². The molecule has 3 rings (SSSR count). The highest BCUT2D eigenvalue weighted by Crippen LogP contribution is 2.20. The Morgan fingerprint density at radius 2 is 2.04 bits per heavy atom. The first kappa shape index (κ1) is 14.9. The SMILES string of the molecule is O=C(NCc1cn[nH]c1-c1ccccc1)c1ccn(C(F)F)n1. The van der Waals surface area contributed by atoms with Crippen LogP contribution in [0.4, 0.5) is 8.78 Å². The third-order valence-corrected chi connectivity index (χ3v) is 3.26. The van der Waals surface area contributed by atoms with Crippen LogP contribution in [0.15, 0.2) is 48.8 Å². The van der Waals surface area contributed by atoms with E-state index >= 15 is 0 Å². The van der Waals surface area contributed by atoms with Crippen LogP contribution in [0.25, 0.3) is 11.3 Å². The summed E-state index contributed by atoms with van der Waals surface area (Å²) in [7, 11) is 0. The molecule has 3 aromatic rings. The van der Waals surface area contributed by atoms with E-state index in [1.54, 1.807) is 6.20 Å². The van der Waals surface area contributed by atoms with E-state index in [1.807, 2.05) is 30.3 Å². The number of benzene rings is 1. The number of H-pyrrole nitrogens is 1. The van der Waals surface area contributed by atoms with Gasteiger partial charge in [0.2, 0.25) is 0 Å². The van der Waals surface area contributed by atoms with E-state index in [-0.39, 0.29) is 12.2 Å². The summed E-state index contributed by atoms with van der Waals surface area (Å²) >= 11 is 0. The van der Waals surface area contributed by atoms with E-state index in [9.17, 15) is 13.6 Å². The molecule has 2 N–H and O–H groups in total. The van der Waals surface area contributed by atoms with E-state index < -0.39 is 12.5 Å². The van der Waals surface area contributed by atoms with Crippen molar-refractivity contribution in [2.75, 3.05) is 0 Å². The summed E-state index contributed by atoms with van der Waals surface area (Å²) in [6, 6.07) is 10.8. The van der Waals surface area contributed by atoms with Gasteiger partial charge in [-0.05, 0) is 11.6 Å². The van der Waals surface area contributed by atoms with E-state index in [0.29, 0.717) is 4.68 Å². The zero-order valence-corrected chi connectivity index (χ0v) is 11.9. The number of alkyl halides is 2. The molecule has 1 amide bonds. The Kier molecular flexibility index (Phi) is 4.13. The fourth-order valence-electron chi connectivity index (χ4n) is 2.13. The second-order valence-electron chi connectivity index (χ2n) is 4.78. The number of carbonyl (C=O) groups excluding carboxylic acids is 1. The lowest BCUT2D eigenvalue weighted by Gasteiger charge is -2.05. The molecule has 0 unspecified atom stereocenters. The number of rotatable bonds is 5. The van der Waals surface area contributed by atoms with E-state index in [0.717, 1.165) is 23.0 Å². The molecule has 0 aliphatic heterocycles. The van der Waals surface area contributed by atoms with Crippen molar-refractivity contribution in [1.29, 1.82) is 0 Å². The Morgan fingerprint density at radius 3 is 2.74 bits per heavy atom. The number of hydrogen-bond donors (Lipinski definition) is 2. The maximum Gasteiger partial charge on any atom is 0.333 e. The maximum atomic E-state index is 12.4. The first-order valence-electron chi connectivity index (χ1n) is 6.84. The average molecular weight is 317 g/mol. The molecule has 0 saturated heterocycles. The summed E-state index contributed by atoms with van der Waals surface area (Å²) in [6.45, 7) is -2.56. The summed E-state index contributed by atoms with van der Waals surface area (Å²) in [6.07, 6.45) is 2.67. The molecule has 0 saturated carbocycles. The van der Waals surface area contributed by atoms with Gasteiger partial charge < -0.3 is 5.32 Å². The molecule has 8 heteroatoms. The van der Waals surface area contributed by atoms with Crippen LogP contribution >= 0.6 is 0 Å². The topological polar surface area (TPSA) is 75.6 Å². The van der Waals surface area contributed by atoms with Gasteiger partial charge in [-0.3, -0.25) is 9.89 Å². The number of aromatic amines is 1. The number of nitrogens with zero attached hydrogens (tertiary/aromatic N) is 3. The Labute approximate surface area is 130 Å². The minimum atomic E-state index is -2.77. The Balaban J connectivity index is 1.69. The summed E-state index contributed by atoms with van der Waals surface area (Å²) < 4.78 is 25.3. The van der Waals surface area contributed by atoms with Crippen LogP contribution < -0.4 is 5.32 Å². The van der Waals surface area contributed by atoms with E-state index in [2.05, 4.69) is 20.6 Å².